The zero-order valence-corrected chi connectivity index (χ0v) is 10.8. The van der Waals surface area contributed by atoms with Gasteiger partial charge in [-0.3, -0.25) is 10.1 Å². The monoisotopic (exact) mass is 308 g/mol. The predicted octanol–water partition coefficient (Wildman–Crippen LogP) is 3.35. The van der Waals surface area contributed by atoms with Crippen LogP contribution in [0.5, 0.6) is 0 Å². The summed E-state index contributed by atoms with van der Waals surface area (Å²) >= 11 is 0. The second-order valence-electron chi connectivity index (χ2n) is 4.48. The van der Waals surface area contributed by atoms with Gasteiger partial charge in [0.05, 0.1) is 21.7 Å². The number of fused-ring (bicyclic) bond motifs is 1. The molecule has 0 aliphatic carbocycles. The molecule has 0 spiro atoms. The Bertz CT molecular complexity index is 873. The lowest BCUT2D eigenvalue weighted by molar-refractivity contribution is -0.385. The first-order valence-corrected chi connectivity index (χ1v) is 6.04. The number of nitro groups is 1. The lowest BCUT2D eigenvalue weighted by Crippen LogP contribution is -2.08. The van der Waals surface area contributed by atoms with Gasteiger partial charge in [0.15, 0.2) is 0 Å². The van der Waals surface area contributed by atoms with Gasteiger partial charge in [0.2, 0.25) is 0 Å². The first kappa shape index (κ1) is 14.0. The molecule has 0 bridgehead atoms. The molecule has 1 heterocycles. The molecule has 3 rings (SSSR count). The third-order valence-corrected chi connectivity index (χ3v) is 3.04. The number of halogens is 3. The summed E-state index contributed by atoms with van der Waals surface area (Å²) < 4.78 is 39.8. The summed E-state index contributed by atoms with van der Waals surface area (Å²) in [5.74, 6) is 0. The molecular weight excluding hydrogens is 301 g/mol. The Morgan fingerprint density at radius 3 is 2.55 bits per heavy atom. The van der Waals surface area contributed by atoms with Crippen LogP contribution in [0.2, 0.25) is 0 Å². The predicted molar refractivity (Wildman–Crippen MR) is 70.5 cm³/mol. The van der Waals surface area contributed by atoms with Crippen LogP contribution in [0.1, 0.15) is 5.56 Å². The molecule has 9 heteroatoms. The molecule has 0 fully saturated rings. The summed E-state index contributed by atoms with van der Waals surface area (Å²) in [7, 11) is 0. The Kier molecular flexibility index (Phi) is 3.05. The largest absolute Gasteiger partial charge is 0.416 e. The van der Waals surface area contributed by atoms with Gasteiger partial charge in [0.25, 0.3) is 5.69 Å². The average Bonchev–Trinajstić information content (AvgIpc) is 2.89. The van der Waals surface area contributed by atoms with E-state index >= 15 is 0 Å². The van der Waals surface area contributed by atoms with E-state index in [4.69, 9.17) is 0 Å². The molecule has 112 valence electrons. The molecule has 0 unspecified atom stereocenters. The van der Waals surface area contributed by atoms with E-state index < -0.39 is 22.4 Å². The summed E-state index contributed by atoms with van der Waals surface area (Å²) in [6.07, 6.45) is -4.70. The normalized spacial score (nSPS) is 11.8. The Labute approximate surface area is 120 Å². The highest BCUT2D eigenvalue weighted by atomic mass is 19.4. The van der Waals surface area contributed by atoms with Gasteiger partial charge in [-0.15, -0.1) is 5.10 Å². The topological polar surface area (TPSA) is 73.8 Å². The van der Waals surface area contributed by atoms with Crippen LogP contribution in [0.25, 0.3) is 16.7 Å². The van der Waals surface area contributed by atoms with Gasteiger partial charge in [-0.05, 0) is 18.2 Å². The van der Waals surface area contributed by atoms with Crippen molar-refractivity contribution in [1.29, 1.82) is 0 Å². The Morgan fingerprint density at radius 1 is 1.14 bits per heavy atom. The first-order valence-electron chi connectivity index (χ1n) is 6.04. The summed E-state index contributed by atoms with van der Waals surface area (Å²) in [5.41, 5.74) is -0.922. The number of para-hydroxylation sites is 1. The van der Waals surface area contributed by atoms with Gasteiger partial charge in [0.1, 0.15) is 5.52 Å². The fourth-order valence-corrected chi connectivity index (χ4v) is 2.05. The van der Waals surface area contributed by atoms with E-state index in [1.165, 1.54) is 0 Å². The van der Waals surface area contributed by atoms with Crippen LogP contribution in [0, 0.1) is 10.1 Å². The maximum absolute atomic E-state index is 12.9. The van der Waals surface area contributed by atoms with Crippen LogP contribution in [0.3, 0.4) is 0 Å². The standard InChI is InChI=1S/C13H7F3N4O2/c14-13(15,16)8-5-9(7-10(6-8)20(21)22)19-12-4-2-1-3-11(12)17-18-19/h1-7H. The van der Waals surface area contributed by atoms with E-state index in [1.54, 1.807) is 24.3 Å². The summed E-state index contributed by atoms with van der Waals surface area (Å²) in [4.78, 5) is 9.98. The van der Waals surface area contributed by atoms with Gasteiger partial charge in [-0.25, -0.2) is 4.68 Å². The number of nitro benzene ring substituents is 1. The van der Waals surface area contributed by atoms with Crippen LogP contribution < -0.4 is 0 Å². The molecule has 0 atom stereocenters. The molecular formula is C13H7F3N4O2. The van der Waals surface area contributed by atoms with Crippen molar-refractivity contribution in [2.24, 2.45) is 0 Å². The Hall–Kier alpha value is -2.97. The molecule has 0 saturated heterocycles. The Balaban J connectivity index is 2.26. The van der Waals surface area contributed by atoms with E-state index in [9.17, 15) is 23.3 Å². The maximum Gasteiger partial charge on any atom is 0.416 e. The second kappa shape index (κ2) is 4.79. The molecule has 0 amide bonds. The molecule has 0 N–H and O–H groups in total. The van der Waals surface area contributed by atoms with E-state index in [1.807, 2.05) is 0 Å². The highest BCUT2D eigenvalue weighted by Crippen LogP contribution is 2.33. The van der Waals surface area contributed by atoms with Crippen LogP contribution in [-0.4, -0.2) is 19.9 Å². The number of rotatable bonds is 2. The van der Waals surface area contributed by atoms with Crippen molar-refractivity contribution in [3.63, 3.8) is 0 Å². The number of hydrogen-bond donors (Lipinski definition) is 0. The fraction of sp³-hybridized carbons (Fsp3) is 0.0769. The number of nitrogens with zero attached hydrogens (tertiary/aromatic N) is 4. The number of aromatic nitrogens is 3. The van der Waals surface area contributed by atoms with Gasteiger partial charge < -0.3 is 0 Å². The van der Waals surface area contributed by atoms with Crippen LogP contribution in [-0.2, 0) is 6.18 Å². The zero-order chi connectivity index (χ0) is 15.9. The van der Waals surface area contributed by atoms with Crippen molar-refractivity contribution < 1.29 is 18.1 Å². The zero-order valence-electron chi connectivity index (χ0n) is 10.8. The molecule has 6 nitrogen and oxygen atoms in total. The first-order chi connectivity index (χ1) is 10.4. The Morgan fingerprint density at radius 2 is 1.86 bits per heavy atom. The molecule has 0 saturated carbocycles. The van der Waals surface area contributed by atoms with Crippen LogP contribution in [0.15, 0.2) is 42.5 Å². The average molecular weight is 308 g/mol. The van der Waals surface area contributed by atoms with Gasteiger partial charge >= 0.3 is 6.18 Å². The summed E-state index contributed by atoms with van der Waals surface area (Å²) in [6.45, 7) is 0. The second-order valence-corrected chi connectivity index (χ2v) is 4.48. The highest BCUT2D eigenvalue weighted by molar-refractivity contribution is 5.76. The van der Waals surface area contributed by atoms with E-state index in [0.717, 1.165) is 16.8 Å². The van der Waals surface area contributed by atoms with Crippen molar-refractivity contribution in [2.75, 3.05) is 0 Å². The number of alkyl halides is 3. The molecule has 0 aliphatic heterocycles. The highest BCUT2D eigenvalue weighted by Gasteiger charge is 2.33. The smallest absolute Gasteiger partial charge is 0.258 e. The third kappa shape index (κ3) is 2.36. The lowest BCUT2D eigenvalue weighted by Gasteiger charge is -2.09. The molecule has 0 radical (unpaired) electrons. The van der Waals surface area contributed by atoms with E-state index in [0.29, 0.717) is 17.1 Å². The van der Waals surface area contributed by atoms with E-state index in [2.05, 4.69) is 10.3 Å². The quantitative estimate of drug-likeness (QED) is 0.537. The number of hydrogen-bond acceptors (Lipinski definition) is 4. The number of benzene rings is 2. The van der Waals surface area contributed by atoms with Gasteiger partial charge in [-0.2, -0.15) is 13.2 Å². The van der Waals surface area contributed by atoms with Gasteiger partial charge in [0, 0.05) is 12.1 Å². The van der Waals surface area contributed by atoms with Gasteiger partial charge in [-0.1, -0.05) is 17.3 Å². The fourth-order valence-electron chi connectivity index (χ4n) is 2.05. The SMILES string of the molecule is O=[N+]([O-])c1cc(-n2nnc3ccccc32)cc(C(F)(F)F)c1. The minimum absolute atomic E-state index is 0.0739. The van der Waals surface area contributed by atoms with Crippen LogP contribution in [0.4, 0.5) is 18.9 Å². The molecule has 1 aromatic heterocycles. The lowest BCUT2D eigenvalue weighted by atomic mass is 10.1. The van der Waals surface area contributed by atoms with Crippen molar-refractivity contribution >= 4 is 16.7 Å². The molecule has 2 aromatic carbocycles. The maximum atomic E-state index is 12.9. The molecule has 3 aromatic rings. The minimum atomic E-state index is -4.70. The van der Waals surface area contributed by atoms with Crippen LogP contribution >= 0.6 is 0 Å². The van der Waals surface area contributed by atoms with Crippen molar-refractivity contribution in [3.8, 4) is 5.69 Å². The summed E-state index contributed by atoms with van der Waals surface area (Å²) in [6, 6.07) is 8.94. The molecule has 0 aliphatic rings. The molecule has 22 heavy (non-hydrogen) atoms. The van der Waals surface area contributed by atoms with Crippen molar-refractivity contribution in [2.45, 2.75) is 6.18 Å². The minimum Gasteiger partial charge on any atom is -0.258 e. The van der Waals surface area contributed by atoms with E-state index in [-0.39, 0.29) is 5.69 Å². The van der Waals surface area contributed by atoms with Crippen molar-refractivity contribution in [1.82, 2.24) is 15.0 Å². The number of non-ortho nitro benzene ring substituents is 1. The summed E-state index contributed by atoms with van der Waals surface area (Å²) in [5, 5.41) is 18.4. The third-order valence-electron chi connectivity index (χ3n) is 3.04. The van der Waals surface area contributed by atoms with Crippen molar-refractivity contribution in [3.05, 3.63) is 58.1 Å².